The quantitative estimate of drug-likeness (QED) is 0.843. The molecule has 0 fully saturated rings. The van der Waals surface area contributed by atoms with Gasteiger partial charge in [-0.25, -0.2) is 0 Å². The number of aromatic nitrogens is 2. The van der Waals surface area contributed by atoms with Crippen molar-refractivity contribution in [2.45, 2.75) is 24.3 Å². The fraction of sp³-hybridized carbons (Fsp3) is 0.357. The third-order valence-electron chi connectivity index (χ3n) is 2.91. The van der Waals surface area contributed by atoms with Crippen LogP contribution in [0.4, 0.5) is 0 Å². The Labute approximate surface area is 127 Å². The molecule has 0 aliphatic rings. The van der Waals surface area contributed by atoms with E-state index in [9.17, 15) is 4.79 Å². The van der Waals surface area contributed by atoms with Crippen molar-refractivity contribution in [2.75, 3.05) is 7.11 Å². The minimum atomic E-state index is -0.318. The van der Waals surface area contributed by atoms with Crippen LogP contribution in [0.25, 0.3) is 11.5 Å². The second kappa shape index (κ2) is 7.12. The zero-order valence-corrected chi connectivity index (χ0v) is 12.7. The van der Waals surface area contributed by atoms with Crippen LogP contribution in [0.5, 0.6) is 5.75 Å². The van der Waals surface area contributed by atoms with Crippen molar-refractivity contribution in [2.24, 2.45) is 5.73 Å². The maximum Gasteiger partial charge on any atom is 0.257 e. The second-order valence-electron chi connectivity index (χ2n) is 4.35. The van der Waals surface area contributed by atoms with E-state index in [0.29, 0.717) is 23.9 Å². The molecule has 0 spiro atoms. The van der Waals surface area contributed by atoms with Gasteiger partial charge in [0, 0.05) is 5.56 Å². The summed E-state index contributed by atoms with van der Waals surface area (Å²) in [4.78, 5) is 15.5. The SMILES string of the molecule is CC[C@H](SCc1noc(-c2ccc(OC)cc2)n1)C(N)=O. The molecule has 7 heteroatoms. The van der Waals surface area contributed by atoms with E-state index in [2.05, 4.69) is 10.1 Å². The van der Waals surface area contributed by atoms with Gasteiger partial charge in [0.15, 0.2) is 5.82 Å². The van der Waals surface area contributed by atoms with Gasteiger partial charge < -0.3 is 15.0 Å². The molecular weight excluding hydrogens is 290 g/mol. The highest BCUT2D eigenvalue weighted by molar-refractivity contribution is 7.99. The number of carbonyl (C=O) groups excluding carboxylic acids is 1. The van der Waals surface area contributed by atoms with Gasteiger partial charge in [-0.05, 0) is 30.7 Å². The maximum atomic E-state index is 11.2. The van der Waals surface area contributed by atoms with Gasteiger partial charge in [-0.2, -0.15) is 4.98 Å². The summed E-state index contributed by atoms with van der Waals surface area (Å²) in [6.45, 7) is 1.92. The minimum Gasteiger partial charge on any atom is -0.497 e. The van der Waals surface area contributed by atoms with Crippen LogP contribution in [0.2, 0.25) is 0 Å². The Balaban J connectivity index is 2.02. The molecule has 1 heterocycles. The predicted molar refractivity (Wildman–Crippen MR) is 80.9 cm³/mol. The average Bonchev–Trinajstić information content (AvgIpc) is 2.96. The molecule has 1 aromatic carbocycles. The highest BCUT2D eigenvalue weighted by Gasteiger charge is 2.16. The molecule has 0 aliphatic heterocycles. The maximum absolute atomic E-state index is 11.2. The summed E-state index contributed by atoms with van der Waals surface area (Å²) in [5.74, 6) is 1.93. The summed E-state index contributed by atoms with van der Waals surface area (Å²) in [6.07, 6.45) is 0.684. The lowest BCUT2D eigenvalue weighted by atomic mass is 10.2. The molecule has 0 saturated heterocycles. The molecular formula is C14H17N3O3S. The number of benzene rings is 1. The number of hydrogen-bond acceptors (Lipinski definition) is 6. The molecule has 0 bridgehead atoms. The highest BCUT2D eigenvalue weighted by Crippen LogP contribution is 2.23. The lowest BCUT2D eigenvalue weighted by molar-refractivity contribution is -0.117. The molecule has 1 aromatic heterocycles. The van der Waals surface area contributed by atoms with Crippen molar-refractivity contribution >= 4 is 17.7 Å². The van der Waals surface area contributed by atoms with Crippen molar-refractivity contribution in [3.63, 3.8) is 0 Å². The Kier molecular flexibility index (Phi) is 5.21. The average molecular weight is 307 g/mol. The number of hydrogen-bond donors (Lipinski definition) is 1. The smallest absolute Gasteiger partial charge is 0.257 e. The molecule has 6 nitrogen and oxygen atoms in total. The van der Waals surface area contributed by atoms with Gasteiger partial charge in [0.2, 0.25) is 5.91 Å². The van der Waals surface area contributed by atoms with E-state index in [1.54, 1.807) is 7.11 Å². The third-order valence-corrected chi connectivity index (χ3v) is 4.30. The van der Waals surface area contributed by atoms with Gasteiger partial charge in [-0.3, -0.25) is 4.79 Å². The lowest BCUT2D eigenvalue weighted by Gasteiger charge is -2.07. The Hall–Kier alpha value is -2.02. The van der Waals surface area contributed by atoms with Crippen molar-refractivity contribution in [3.8, 4) is 17.2 Å². The first-order valence-electron chi connectivity index (χ1n) is 6.52. The fourth-order valence-electron chi connectivity index (χ4n) is 1.74. The molecule has 2 N–H and O–H groups in total. The number of nitrogens with two attached hydrogens (primary N) is 1. The molecule has 2 rings (SSSR count). The van der Waals surface area contributed by atoms with Crippen LogP contribution >= 0.6 is 11.8 Å². The first kappa shape index (κ1) is 15.4. The van der Waals surface area contributed by atoms with Crippen LogP contribution < -0.4 is 10.5 Å². The molecule has 1 amide bonds. The number of rotatable bonds is 7. The summed E-state index contributed by atoms with van der Waals surface area (Å²) in [6, 6.07) is 7.35. The number of nitrogens with zero attached hydrogens (tertiary/aromatic N) is 2. The van der Waals surface area contributed by atoms with Gasteiger partial charge in [0.25, 0.3) is 5.89 Å². The van der Waals surface area contributed by atoms with Crippen molar-refractivity contribution in [3.05, 3.63) is 30.1 Å². The second-order valence-corrected chi connectivity index (χ2v) is 5.55. The number of methoxy groups -OCH3 is 1. The van der Waals surface area contributed by atoms with Gasteiger partial charge in [0.1, 0.15) is 5.75 Å². The monoisotopic (exact) mass is 307 g/mol. The fourth-order valence-corrected chi connectivity index (χ4v) is 2.61. The molecule has 2 aromatic rings. The lowest BCUT2D eigenvalue weighted by Crippen LogP contribution is -2.25. The third kappa shape index (κ3) is 3.98. The van der Waals surface area contributed by atoms with Crippen LogP contribution in [0.1, 0.15) is 19.2 Å². The molecule has 112 valence electrons. The van der Waals surface area contributed by atoms with Crippen LogP contribution in [-0.2, 0) is 10.5 Å². The van der Waals surface area contributed by atoms with Gasteiger partial charge in [-0.1, -0.05) is 12.1 Å². The molecule has 0 saturated carbocycles. The molecule has 0 unspecified atom stereocenters. The Morgan fingerprint density at radius 3 is 2.71 bits per heavy atom. The largest absolute Gasteiger partial charge is 0.497 e. The standard InChI is InChI=1S/C14H17N3O3S/c1-3-11(13(15)18)21-8-12-16-14(20-17-12)9-4-6-10(19-2)7-5-9/h4-7,11H,3,8H2,1-2H3,(H2,15,18)/t11-/m0/s1. The number of thioether (sulfide) groups is 1. The summed E-state index contributed by atoms with van der Waals surface area (Å²) in [5, 5.41) is 3.68. The Bertz CT molecular complexity index is 598. The topological polar surface area (TPSA) is 91.2 Å². The van der Waals surface area contributed by atoms with Gasteiger partial charge >= 0.3 is 0 Å². The van der Waals surface area contributed by atoms with E-state index in [4.69, 9.17) is 15.0 Å². The zero-order chi connectivity index (χ0) is 15.2. The number of carbonyl (C=O) groups is 1. The summed E-state index contributed by atoms with van der Waals surface area (Å²) < 4.78 is 10.3. The van der Waals surface area contributed by atoms with Crippen molar-refractivity contribution in [1.82, 2.24) is 10.1 Å². The molecule has 21 heavy (non-hydrogen) atoms. The summed E-state index contributed by atoms with van der Waals surface area (Å²) in [5.41, 5.74) is 6.12. The van der Waals surface area contributed by atoms with Crippen LogP contribution in [0, 0.1) is 0 Å². The summed E-state index contributed by atoms with van der Waals surface area (Å²) >= 11 is 1.42. The number of amides is 1. The first-order chi connectivity index (χ1) is 10.1. The van der Waals surface area contributed by atoms with Crippen LogP contribution in [0.3, 0.4) is 0 Å². The first-order valence-corrected chi connectivity index (χ1v) is 7.56. The summed E-state index contributed by atoms with van der Waals surface area (Å²) in [7, 11) is 1.61. The highest BCUT2D eigenvalue weighted by atomic mass is 32.2. The van der Waals surface area contributed by atoms with Gasteiger partial charge in [-0.15, -0.1) is 11.8 Å². The van der Waals surface area contributed by atoms with Crippen molar-refractivity contribution in [1.29, 1.82) is 0 Å². The zero-order valence-electron chi connectivity index (χ0n) is 11.9. The van der Waals surface area contributed by atoms with E-state index in [0.717, 1.165) is 11.3 Å². The van der Waals surface area contributed by atoms with E-state index in [-0.39, 0.29) is 11.2 Å². The van der Waals surface area contributed by atoms with Crippen LogP contribution in [-0.4, -0.2) is 28.4 Å². The Morgan fingerprint density at radius 2 is 2.14 bits per heavy atom. The predicted octanol–water partition coefficient (Wildman–Crippen LogP) is 2.24. The number of primary amides is 1. The molecule has 1 atom stereocenters. The van der Waals surface area contributed by atoms with E-state index in [1.165, 1.54) is 11.8 Å². The van der Waals surface area contributed by atoms with E-state index in [1.807, 2.05) is 31.2 Å². The van der Waals surface area contributed by atoms with Crippen molar-refractivity contribution < 1.29 is 14.1 Å². The Morgan fingerprint density at radius 1 is 1.43 bits per heavy atom. The van der Waals surface area contributed by atoms with Gasteiger partial charge in [0.05, 0.1) is 18.1 Å². The minimum absolute atomic E-state index is 0.229. The number of ether oxygens (including phenoxy) is 1. The van der Waals surface area contributed by atoms with E-state index < -0.39 is 0 Å². The van der Waals surface area contributed by atoms with Crippen LogP contribution in [0.15, 0.2) is 28.8 Å². The van der Waals surface area contributed by atoms with E-state index >= 15 is 0 Å². The molecule has 0 radical (unpaired) electrons. The molecule has 0 aliphatic carbocycles. The normalized spacial score (nSPS) is 12.1.